The van der Waals surface area contributed by atoms with Gasteiger partial charge in [0.25, 0.3) is 11.8 Å². The van der Waals surface area contributed by atoms with E-state index in [9.17, 15) is 14.0 Å². The van der Waals surface area contributed by atoms with Crippen LogP contribution in [-0.2, 0) is 16.1 Å². The quantitative estimate of drug-likeness (QED) is 0.626. The molecule has 6 heteroatoms. The van der Waals surface area contributed by atoms with Crippen LogP contribution >= 0.6 is 0 Å². The van der Waals surface area contributed by atoms with Crippen LogP contribution in [0, 0.1) is 5.82 Å². The Morgan fingerprint density at radius 1 is 1.18 bits per heavy atom. The predicted molar refractivity (Wildman–Crippen MR) is 126 cm³/mol. The Hall–Kier alpha value is -3.15. The van der Waals surface area contributed by atoms with Crippen molar-refractivity contribution in [2.24, 2.45) is 0 Å². The van der Waals surface area contributed by atoms with Gasteiger partial charge in [-0.2, -0.15) is 0 Å². The molecule has 0 spiro atoms. The highest BCUT2D eigenvalue weighted by Gasteiger charge is 2.41. The van der Waals surface area contributed by atoms with Crippen molar-refractivity contribution >= 4 is 17.9 Å². The molecule has 2 aromatic carbocycles. The van der Waals surface area contributed by atoms with E-state index in [1.54, 1.807) is 41.3 Å². The first-order valence-corrected chi connectivity index (χ1v) is 11.8. The monoisotopic (exact) mass is 450 g/mol. The maximum absolute atomic E-state index is 14.3. The van der Waals surface area contributed by atoms with Gasteiger partial charge in [0.1, 0.15) is 11.9 Å². The van der Waals surface area contributed by atoms with Gasteiger partial charge in [-0.3, -0.25) is 9.59 Å². The van der Waals surface area contributed by atoms with Crippen molar-refractivity contribution in [1.82, 2.24) is 10.2 Å². The Kier molecular flexibility index (Phi) is 7.11. The summed E-state index contributed by atoms with van der Waals surface area (Å²) >= 11 is 0. The van der Waals surface area contributed by atoms with Crippen LogP contribution in [0.2, 0.25) is 0 Å². The van der Waals surface area contributed by atoms with Crippen molar-refractivity contribution in [3.8, 4) is 0 Å². The average Bonchev–Trinajstić information content (AvgIpc) is 2.83. The van der Waals surface area contributed by atoms with Crippen LogP contribution in [0.1, 0.15) is 67.4 Å². The molecule has 1 saturated carbocycles. The van der Waals surface area contributed by atoms with E-state index in [0.29, 0.717) is 11.1 Å². The molecule has 33 heavy (non-hydrogen) atoms. The normalized spacial score (nSPS) is 22.5. The first-order chi connectivity index (χ1) is 16.0. The van der Waals surface area contributed by atoms with E-state index in [1.165, 1.54) is 6.07 Å². The lowest BCUT2D eigenvalue weighted by Gasteiger charge is -2.44. The first kappa shape index (κ1) is 23.0. The van der Waals surface area contributed by atoms with Gasteiger partial charge in [-0.25, -0.2) is 4.39 Å². The maximum atomic E-state index is 14.3. The van der Waals surface area contributed by atoms with Gasteiger partial charge in [-0.15, -0.1) is 0 Å². The number of hydrogen-bond acceptors (Lipinski definition) is 3. The van der Waals surface area contributed by atoms with Gasteiger partial charge >= 0.3 is 0 Å². The Labute approximate surface area is 194 Å². The molecular weight excluding hydrogens is 419 g/mol. The van der Waals surface area contributed by atoms with E-state index >= 15 is 0 Å². The largest absolute Gasteiger partial charge is 0.482 e. The lowest BCUT2D eigenvalue weighted by molar-refractivity contribution is -0.149. The minimum Gasteiger partial charge on any atom is -0.482 e. The van der Waals surface area contributed by atoms with Crippen molar-refractivity contribution < 1.29 is 18.7 Å². The number of carbonyl (C=O) groups is 2. The minimum atomic E-state index is -0.305. The Morgan fingerprint density at radius 3 is 2.64 bits per heavy atom. The third-order valence-corrected chi connectivity index (χ3v) is 6.58. The summed E-state index contributed by atoms with van der Waals surface area (Å²) in [6.07, 6.45) is 6.31. The number of morpholine rings is 1. The molecule has 3 unspecified atom stereocenters. The van der Waals surface area contributed by atoms with E-state index in [4.69, 9.17) is 4.74 Å². The van der Waals surface area contributed by atoms with Crippen LogP contribution < -0.4 is 5.32 Å². The van der Waals surface area contributed by atoms with Crippen LogP contribution in [0.4, 0.5) is 4.39 Å². The Morgan fingerprint density at radius 2 is 1.91 bits per heavy atom. The zero-order valence-corrected chi connectivity index (χ0v) is 19.2. The van der Waals surface area contributed by atoms with Crippen LogP contribution in [-0.4, -0.2) is 34.9 Å². The van der Waals surface area contributed by atoms with Gasteiger partial charge < -0.3 is 15.0 Å². The highest BCUT2D eigenvalue weighted by atomic mass is 19.1. The van der Waals surface area contributed by atoms with Gasteiger partial charge in [-0.05, 0) is 62.4 Å². The molecule has 0 aromatic heterocycles. The number of ether oxygens (including phenoxy) is 1. The summed E-state index contributed by atoms with van der Waals surface area (Å²) in [5.41, 5.74) is 1.86. The number of amides is 2. The second-order valence-corrected chi connectivity index (χ2v) is 8.95. The fourth-order valence-corrected chi connectivity index (χ4v) is 4.46. The molecule has 1 saturated heterocycles. The van der Waals surface area contributed by atoms with Gasteiger partial charge in [0.05, 0.1) is 6.04 Å². The number of benzene rings is 2. The minimum absolute atomic E-state index is 0.0466. The molecule has 174 valence electrons. The number of nitrogens with one attached hydrogen (secondary N) is 1. The van der Waals surface area contributed by atoms with Crippen LogP contribution in [0.3, 0.4) is 0 Å². The van der Waals surface area contributed by atoms with Crippen molar-refractivity contribution in [3.05, 3.63) is 76.8 Å². The molecule has 1 heterocycles. The number of hydrogen-bond donors (Lipinski definition) is 1. The molecule has 1 aliphatic heterocycles. The molecule has 5 nitrogen and oxygen atoms in total. The zero-order chi connectivity index (χ0) is 23.4. The van der Waals surface area contributed by atoms with E-state index in [2.05, 4.69) is 5.32 Å². The lowest BCUT2D eigenvalue weighted by atomic mass is 9.89. The second-order valence-electron chi connectivity index (χ2n) is 8.95. The van der Waals surface area contributed by atoms with Crippen LogP contribution in [0.5, 0.6) is 0 Å². The second kappa shape index (κ2) is 10.2. The van der Waals surface area contributed by atoms with Gasteiger partial charge in [0, 0.05) is 23.7 Å². The molecule has 0 bridgehead atoms. The summed E-state index contributed by atoms with van der Waals surface area (Å²) in [6, 6.07) is 13.8. The van der Waals surface area contributed by atoms with Gasteiger partial charge in [0.2, 0.25) is 0 Å². The molecule has 2 aliphatic rings. The van der Waals surface area contributed by atoms with Crippen molar-refractivity contribution in [3.63, 3.8) is 0 Å². The summed E-state index contributed by atoms with van der Waals surface area (Å²) in [4.78, 5) is 27.5. The smallest absolute Gasteiger partial charge is 0.289 e. The topological polar surface area (TPSA) is 58.6 Å². The number of nitrogens with zero attached hydrogens (tertiary/aromatic N) is 1. The predicted octanol–water partition coefficient (Wildman–Crippen LogP) is 5.07. The van der Waals surface area contributed by atoms with Gasteiger partial charge in [-0.1, -0.05) is 43.7 Å². The molecule has 0 radical (unpaired) electrons. The zero-order valence-electron chi connectivity index (χ0n) is 19.2. The fourth-order valence-electron chi connectivity index (χ4n) is 4.46. The highest BCUT2D eigenvalue weighted by molar-refractivity contribution is 5.97. The Balaban J connectivity index is 1.56. The standard InChI is InChI=1S/C27H31FN2O3/c1-3-18(2)29-26(31)20-14-12-19(13-15-20)16-25-27(32)30(17-21-8-4-5-9-22(21)28)23-10-6-7-11-24(23)33-25/h4-5,8-9,12-16,18,23-24H,3,6-7,10-11,17H2,1-2H3,(H,29,31)/b25-16-. The van der Waals surface area contributed by atoms with E-state index in [-0.39, 0.29) is 48.1 Å². The van der Waals surface area contributed by atoms with Crippen molar-refractivity contribution in [2.45, 2.75) is 70.7 Å². The first-order valence-electron chi connectivity index (χ1n) is 11.8. The number of rotatable bonds is 6. The summed E-state index contributed by atoms with van der Waals surface area (Å²) < 4.78 is 20.5. The summed E-state index contributed by atoms with van der Waals surface area (Å²) in [5, 5.41) is 2.95. The van der Waals surface area contributed by atoms with Crippen molar-refractivity contribution in [2.75, 3.05) is 0 Å². The SMILES string of the molecule is CCC(C)NC(=O)c1ccc(/C=C2\OC3CCCCC3N(Cc3ccccc3F)C2=O)cc1. The molecule has 4 rings (SSSR count). The van der Waals surface area contributed by atoms with E-state index in [1.807, 2.05) is 26.0 Å². The third-order valence-electron chi connectivity index (χ3n) is 6.58. The molecule has 3 atom stereocenters. The molecular formula is C27H31FN2O3. The van der Waals surface area contributed by atoms with E-state index < -0.39 is 0 Å². The maximum Gasteiger partial charge on any atom is 0.289 e. The number of fused-ring (bicyclic) bond motifs is 1. The molecule has 2 aromatic rings. The number of halogens is 1. The van der Waals surface area contributed by atoms with Crippen LogP contribution in [0.25, 0.3) is 6.08 Å². The molecule has 1 aliphatic carbocycles. The summed E-state index contributed by atoms with van der Waals surface area (Å²) in [6.45, 7) is 4.21. The third kappa shape index (κ3) is 5.27. The van der Waals surface area contributed by atoms with E-state index in [0.717, 1.165) is 37.7 Å². The molecule has 1 N–H and O–H groups in total. The lowest BCUT2D eigenvalue weighted by Crippen LogP contribution is -2.54. The fraction of sp³-hybridized carbons (Fsp3) is 0.407. The summed E-state index contributed by atoms with van der Waals surface area (Å²) in [5.74, 6) is -0.373. The Bertz CT molecular complexity index is 1030. The molecule has 2 fully saturated rings. The van der Waals surface area contributed by atoms with Crippen molar-refractivity contribution in [1.29, 1.82) is 0 Å². The van der Waals surface area contributed by atoms with Crippen LogP contribution in [0.15, 0.2) is 54.3 Å². The molecule has 2 amide bonds. The highest BCUT2D eigenvalue weighted by Crippen LogP contribution is 2.34. The average molecular weight is 451 g/mol. The summed E-state index contributed by atoms with van der Waals surface area (Å²) in [7, 11) is 0. The number of carbonyl (C=O) groups excluding carboxylic acids is 2. The van der Waals surface area contributed by atoms with Gasteiger partial charge in [0.15, 0.2) is 5.76 Å².